The van der Waals surface area contributed by atoms with Crippen molar-refractivity contribution in [3.8, 4) is 0 Å². The molecule has 2 aromatic heterocycles. The molecule has 1 amide bonds. The molecule has 90 valence electrons. The van der Waals surface area contributed by atoms with Gasteiger partial charge in [-0.05, 0) is 24.6 Å². The predicted molar refractivity (Wildman–Crippen MR) is 66.2 cm³/mol. The Kier molecular flexibility index (Phi) is 3.77. The van der Waals surface area contributed by atoms with E-state index in [0.717, 1.165) is 11.9 Å². The van der Waals surface area contributed by atoms with Crippen LogP contribution in [0.25, 0.3) is 5.52 Å². The lowest BCUT2D eigenvalue weighted by atomic mass is 10.3. The molecule has 0 aliphatic carbocycles. The number of carbonyl (C=O) groups is 1. The summed E-state index contributed by atoms with van der Waals surface area (Å²) in [5, 5.41) is 2.86. The quantitative estimate of drug-likeness (QED) is 0.797. The highest BCUT2D eigenvalue weighted by Crippen LogP contribution is 2.09. The van der Waals surface area contributed by atoms with Crippen molar-refractivity contribution < 1.29 is 9.53 Å². The highest BCUT2D eigenvalue weighted by molar-refractivity contribution is 5.95. The molecule has 0 aliphatic heterocycles. The van der Waals surface area contributed by atoms with Gasteiger partial charge in [0.1, 0.15) is 0 Å². The minimum atomic E-state index is -0.0372. The largest absolute Gasteiger partial charge is 0.385 e. The fourth-order valence-corrected chi connectivity index (χ4v) is 1.70. The Morgan fingerprint density at radius 2 is 2.35 bits per heavy atom. The van der Waals surface area contributed by atoms with Crippen molar-refractivity contribution in [2.24, 2.45) is 0 Å². The standard InChI is InChI=1S/C13H16N2O2/c1-17-8-4-6-14-13(16)11-9-12-5-2-3-7-15(12)10-11/h2-3,5,7,9-10H,4,6,8H2,1H3,(H,14,16). The number of aromatic nitrogens is 1. The third-order valence-corrected chi connectivity index (χ3v) is 2.58. The second kappa shape index (κ2) is 5.50. The Hall–Kier alpha value is -1.81. The summed E-state index contributed by atoms with van der Waals surface area (Å²) in [6.45, 7) is 1.30. The van der Waals surface area contributed by atoms with E-state index in [4.69, 9.17) is 4.74 Å². The van der Waals surface area contributed by atoms with Crippen molar-refractivity contribution in [1.29, 1.82) is 0 Å². The Morgan fingerprint density at radius 3 is 3.12 bits per heavy atom. The zero-order valence-electron chi connectivity index (χ0n) is 9.85. The molecule has 0 aromatic carbocycles. The van der Waals surface area contributed by atoms with Gasteiger partial charge in [-0.15, -0.1) is 0 Å². The predicted octanol–water partition coefficient (Wildman–Crippen LogP) is 1.71. The highest BCUT2D eigenvalue weighted by Gasteiger charge is 2.07. The summed E-state index contributed by atoms with van der Waals surface area (Å²) in [5.41, 5.74) is 1.71. The third-order valence-electron chi connectivity index (χ3n) is 2.58. The van der Waals surface area contributed by atoms with Crippen LogP contribution in [0.5, 0.6) is 0 Å². The van der Waals surface area contributed by atoms with Crippen LogP contribution in [0.4, 0.5) is 0 Å². The van der Waals surface area contributed by atoms with E-state index in [1.807, 2.05) is 41.1 Å². The van der Waals surface area contributed by atoms with Gasteiger partial charge in [0.15, 0.2) is 0 Å². The van der Waals surface area contributed by atoms with Crippen LogP contribution in [0.2, 0.25) is 0 Å². The average Bonchev–Trinajstić information content (AvgIpc) is 2.78. The minimum absolute atomic E-state index is 0.0372. The number of ether oxygens (including phenoxy) is 1. The van der Waals surface area contributed by atoms with Gasteiger partial charge in [0.2, 0.25) is 0 Å². The average molecular weight is 232 g/mol. The monoisotopic (exact) mass is 232 g/mol. The number of carbonyl (C=O) groups excluding carboxylic acids is 1. The molecule has 4 heteroatoms. The maximum atomic E-state index is 11.8. The second-order valence-electron chi connectivity index (χ2n) is 3.86. The minimum Gasteiger partial charge on any atom is -0.385 e. The van der Waals surface area contributed by atoms with Gasteiger partial charge >= 0.3 is 0 Å². The van der Waals surface area contributed by atoms with Crippen LogP contribution >= 0.6 is 0 Å². The number of hydrogen-bond donors (Lipinski definition) is 1. The summed E-state index contributed by atoms with van der Waals surface area (Å²) in [5.74, 6) is -0.0372. The van der Waals surface area contributed by atoms with E-state index in [1.165, 1.54) is 0 Å². The maximum Gasteiger partial charge on any atom is 0.252 e. The summed E-state index contributed by atoms with van der Waals surface area (Å²) in [6.07, 6.45) is 4.59. The van der Waals surface area contributed by atoms with Gasteiger partial charge in [0.25, 0.3) is 5.91 Å². The first-order valence-electron chi connectivity index (χ1n) is 5.65. The molecule has 1 N–H and O–H groups in total. The van der Waals surface area contributed by atoms with E-state index in [2.05, 4.69) is 5.32 Å². The molecule has 0 bridgehead atoms. The molecule has 0 radical (unpaired) electrons. The van der Waals surface area contributed by atoms with E-state index in [0.29, 0.717) is 18.7 Å². The molecule has 2 rings (SSSR count). The van der Waals surface area contributed by atoms with Crippen LogP contribution in [0, 0.1) is 0 Å². The first-order valence-corrected chi connectivity index (χ1v) is 5.65. The molecule has 2 aromatic rings. The molecule has 0 spiro atoms. The van der Waals surface area contributed by atoms with Gasteiger partial charge in [0, 0.05) is 38.2 Å². The molecule has 2 heterocycles. The normalized spacial score (nSPS) is 10.6. The number of methoxy groups -OCH3 is 1. The number of rotatable bonds is 5. The van der Waals surface area contributed by atoms with Crippen LogP contribution < -0.4 is 5.32 Å². The van der Waals surface area contributed by atoms with Gasteiger partial charge in [-0.1, -0.05) is 6.07 Å². The second-order valence-corrected chi connectivity index (χ2v) is 3.86. The van der Waals surface area contributed by atoms with Crippen molar-refractivity contribution in [3.63, 3.8) is 0 Å². The summed E-state index contributed by atoms with van der Waals surface area (Å²) in [7, 11) is 1.66. The van der Waals surface area contributed by atoms with Crippen molar-refractivity contribution >= 4 is 11.4 Å². The number of fused-ring (bicyclic) bond motifs is 1. The number of nitrogens with zero attached hydrogens (tertiary/aromatic N) is 1. The van der Waals surface area contributed by atoms with E-state index >= 15 is 0 Å². The van der Waals surface area contributed by atoms with Crippen LogP contribution in [-0.4, -0.2) is 30.6 Å². The summed E-state index contributed by atoms with van der Waals surface area (Å²) in [4.78, 5) is 11.8. The Balaban J connectivity index is 1.99. The zero-order valence-corrected chi connectivity index (χ0v) is 9.85. The molecule has 0 atom stereocenters. The van der Waals surface area contributed by atoms with Crippen LogP contribution in [0.15, 0.2) is 36.7 Å². The lowest BCUT2D eigenvalue weighted by Gasteiger charge is -2.02. The maximum absolute atomic E-state index is 11.8. The first kappa shape index (κ1) is 11.7. The Bertz CT molecular complexity index is 472. The molecule has 17 heavy (non-hydrogen) atoms. The van der Waals surface area contributed by atoms with Crippen LogP contribution in [0.3, 0.4) is 0 Å². The third kappa shape index (κ3) is 2.85. The summed E-state index contributed by atoms with van der Waals surface area (Å²) in [6, 6.07) is 7.75. The molecular weight excluding hydrogens is 216 g/mol. The molecule has 0 unspecified atom stereocenters. The highest BCUT2D eigenvalue weighted by atomic mass is 16.5. The first-order chi connectivity index (χ1) is 8.31. The number of pyridine rings is 1. The van der Waals surface area contributed by atoms with Crippen molar-refractivity contribution in [2.45, 2.75) is 6.42 Å². The van der Waals surface area contributed by atoms with E-state index < -0.39 is 0 Å². The van der Waals surface area contributed by atoms with Gasteiger partial charge in [0.05, 0.1) is 5.56 Å². The fraction of sp³-hybridized carbons (Fsp3) is 0.308. The number of nitrogens with one attached hydrogen (secondary N) is 1. The Morgan fingerprint density at radius 1 is 1.47 bits per heavy atom. The Labute approximate surface area is 100 Å². The van der Waals surface area contributed by atoms with E-state index in [-0.39, 0.29) is 5.91 Å². The van der Waals surface area contributed by atoms with Gasteiger partial charge in [-0.3, -0.25) is 4.79 Å². The SMILES string of the molecule is COCCCNC(=O)c1cc2ccccn2c1. The fourth-order valence-electron chi connectivity index (χ4n) is 1.70. The molecule has 4 nitrogen and oxygen atoms in total. The molecule has 0 saturated heterocycles. The lowest BCUT2D eigenvalue weighted by molar-refractivity contribution is 0.0948. The molecular formula is C13H16N2O2. The van der Waals surface area contributed by atoms with Crippen LogP contribution in [0.1, 0.15) is 16.8 Å². The van der Waals surface area contributed by atoms with E-state index in [1.54, 1.807) is 7.11 Å². The zero-order chi connectivity index (χ0) is 12.1. The van der Waals surface area contributed by atoms with Crippen molar-refractivity contribution in [1.82, 2.24) is 9.72 Å². The van der Waals surface area contributed by atoms with Gasteiger partial charge < -0.3 is 14.5 Å². The molecule has 0 saturated carbocycles. The lowest BCUT2D eigenvalue weighted by Crippen LogP contribution is -2.24. The smallest absolute Gasteiger partial charge is 0.252 e. The molecule has 0 fully saturated rings. The number of hydrogen-bond acceptors (Lipinski definition) is 2. The topological polar surface area (TPSA) is 42.7 Å². The number of amides is 1. The van der Waals surface area contributed by atoms with Crippen LogP contribution in [-0.2, 0) is 4.74 Å². The van der Waals surface area contributed by atoms with E-state index in [9.17, 15) is 4.79 Å². The molecule has 0 aliphatic rings. The summed E-state index contributed by atoms with van der Waals surface area (Å²) < 4.78 is 6.86. The van der Waals surface area contributed by atoms with Gasteiger partial charge in [-0.25, -0.2) is 0 Å². The van der Waals surface area contributed by atoms with Gasteiger partial charge in [-0.2, -0.15) is 0 Å². The van der Waals surface area contributed by atoms with Crippen molar-refractivity contribution in [3.05, 3.63) is 42.2 Å². The summed E-state index contributed by atoms with van der Waals surface area (Å²) >= 11 is 0. The van der Waals surface area contributed by atoms with Crippen molar-refractivity contribution in [2.75, 3.05) is 20.3 Å².